The van der Waals surface area contributed by atoms with E-state index in [0.717, 1.165) is 19.0 Å². The van der Waals surface area contributed by atoms with Gasteiger partial charge in [0.15, 0.2) is 0 Å². The Morgan fingerprint density at radius 2 is 1.71 bits per heavy atom. The summed E-state index contributed by atoms with van der Waals surface area (Å²) in [5, 5.41) is 3.25. The summed E-state index contributed by atoms with van der Waals surface area (Å²) >= 11 is 8.45. The minimum absolute atomic E-state index is 0.107. The number of nitrogens with one attached hydrogen (secondary N) is 1. The van der Waals surface area contributed by atoms with Crippen LogP contribution in [-0.4, -0.2) is 20.9 Å². The molecule has 0 fully saturated rings. The number of hydrogen-bond acceptors (Lipinski definition) is 3. The van der Waals surface area contributed by atoms with Gasteiger partial charge in [-0.1, -0.05) is 35.4 Å². The Balaban J connectivity index is 2.00. The molecule has 0 aromatic heterocycles. The molecular weight excluding hydrogens is 547 g/mol. The van der Waals surface area contributed by atoms with Crippen LogP contribution in [0.25, 0.3) is 0 Å². The first-order chi connectivity index (χ1) is 14.6. The zero-order valence-corrected chi connectivity index (χ0v) is 21.0. The van der Waals surface area contributed by atoms with E-state index in [1.165, 1.54) is 0 Å². The van der Waals surface area contributed by atoms with Gasteiger partial charge < -0.3 is 5.32 Å². The van der Waals surface area contributed by atoms with Gasteiger partial charge in [0.05, 0.1) is 10.6 Å². The first-order valence-electron chi connectivity index (χ1n) is 9.50. The molecule has 162 valence electrons. The van der Waals surface area contributed by atoms with Crippen molar-refractivity contribution >= 4 is 61.5 Å². The lowest BCUT2D eigenvalue weighted by Crippen LogP contribution is -2.38. The predicted molar refractivity (Wildman–Crippen MR) is 134 cm³/mol. The average Bonchev–Trinajstić information content (AvgIpc) is 2.71. The maximum absolute atomic E-state index is 13.5. The second kappa shape index (κ2) is 9.58. The number of carbonyl (C=O) groups is 1. The molecule has 0 bridgehead atoms. The third-order valence-corrected chi connectivity index (χ3v) is 7.72. The minimum atomic E-state index is -4.00. The van der Waals surface area contributed by atoms with Gasteiger partial charge in [-0.2, -0.15) is 0 Å². The quantitative estimate of drug-likeness (QED) is 0.388. The van der Waals surface area contributed by atoms with E-state index in [0.29, 0.717) is 22.0 Å². The number of aryl methyl sites for hydroxylation is 2. The predicted octanol–water partition coefficient (Wildman–Crippen LogP) is 5.70. The van der Waals surface area contributed by atoms with Crippen molar-refractivity contribution in [1.82, 2.24) is 0 Å². The van der Waals surface area contributed by atoms with Crippen molar-refractivity contribution in [2.75, 3.05) is 16.2 Å². The molecule has 0 radical (unpaired) electrons. The first kappa shape index (κ1) is 23.6. The van der Waals surface area contributed by atoms with Crippen LogP contribution >= 0.6 is 34.2 Å². The molecule has 0 saturated heterocycles. The van der Waals surface area contributed by atoms with Gasteiger partial charge in [-0.25, -0.2) is 8.42 Å². The molecule has 31 heavy (non-hydrogen) atoms. The molecule has 0 aliphatic carbocycles. The molecule has 0 spiro atoms. The van der Waals surface area contributed by atoms with E-state index < -0.39 is 15.9 Å². The summed E-state index contributed by atoms with van der Waals surface area (Å²) in [6.07, 6.45) is 0. The molecule has 1 amide bonds. The van der Waals surface area contributed by atoms with Crippen LogP contribution in [0.4, 0.5) is 11.4 Å². The number of benzene rings is 3. The fraction of sp³-hybridized carbons (Fsp3) is 0.174. The molecule has 0 aliphatic heterocycles. The van der Waals surface area contributed by atoms with Crippen molar-refractivity contribution in [3.8, 4) is 0 Å². The highest BCUT2D eigenvalue weighted by Crippen LogP contribution is 2.31. The second-order valence-corrected chi connectivity index (χ2v) is 10.7. The van der Waals surface area contributed by atoms with Crippen molar-refractivity contribution in [3.05, 3.63) is 85.9 Å². The Labute approximate surface area is 201 Å². The molecule has 0 saturated carbocycles. The lowest BCUT2D eigenvalue weighted by Gasteiger charge is -2.26. The molecule has 0 aliphatic rings. The van der Waals surface area contributed by atoms with E-state index in [9.17, 15) is 13.2 Å². The number of sulfonamides is 1. The molecule has 0 unspecified atom stereocenters. The lowest BCUT2D eigenvalue weighted by molar-refractivity contribution is -0.114. The van der Waals surface area contributed by atoms with Gasteiger partial charge in [0.25, 0.3) is 10.0 Å². The molecule has 0 heterocycles. The SMILES string of the molecule is Cc1ccc(S(=O)(=O)N(CC(=O)Nc2ccc(I)cc2C)c2cccc(Cl)c2C)cc1. The van der Waals surface area contributed by atoms with Crippen LogP contribution in [0.1, 0.15) is 16.7 Å². The Morgan fingerprint density at radius 3 is 2.35 bits per heavy atom. The number of anilines is 2. The molecule has 0 atom stereocenters. The van der Waals surface area contributed by atoms with Crippen molar-refractivity contribution in [1.29, 1.82) is 0 Å². The maximum atomic E-state index is 13.5. The summed E-state index contributed by atoms with van der Waals surface area (Å²) in [6.45, 7) is 5.12. The Morgan fingerprint density at radius 1 is 1.03 bits per heavy atom. The molecular formula is C23H22ClIN2O3S. The molecule has 5 nitrogen and oxygen atoms in total. The molecule has 1 N–H and O–H groups in total. The third kappa shape index (κ3) is 5.39. The zero-order chi connectivity index (χ0) is 22.8. The first-order valence-corrected chi connectivity index (χ1v) is 12.4. The number of rotatable bonds is 6. The van der Waals surface area contributed by atoms with Crippen LogP contribution in [0, 0.1) is 24.3 Å². The molecule has 3 aromatic carbocycles. The standard InChI is InChI=1S/C23H22ClIN2O3S/c1-15-7-10-19(11-8-15)31(29,30)27(22-6-4-5-20(24)17(22)3)14-23(28)26-21-12-9-18(25)13-16(21)2/h4-13H,14H2,1-3H3,(H,26,28). The number of nitrogens with zero attached hydrogens (tertiary/aromatic N) is 1. The van der Waals surface area contributed by atoms with Gasteiger partial charge in [-0.3, -0.25) is 9.10 Å². The fourth-order valence-electron chi connectivity index (χ4n) is 3.09. The maximum Gasteiger partial charge on any atom is 0.264 e. The second-order valence-electron chi connectivity index (χ2n) is 7.22. The van der Waals surface area contributed by atoms with Gasteiger partial charge in [-0.05, 0) is 97.0 Å². The van der Waals surface area contributed by atoms with Crippen LogP contribution in [0.3, 0.4) is 0 Å². The summed E-state index contributed by atoms with van der Waals surface area (Å²) in [5.41, 5.74) is 3.42. The zero-order valence-electron chi connectivity index (χ0n) is 17.3. The van der Waals surface area contributed by atoms with E-state index in [2.05, 4.69) is 27.9 Å². The minimum Gasteiger partial charge on any atom is -0.324 e. The Hall–Kier alpha value is -2.10. The van der Waals surface area contributed by atoms with E-state index in [1.807, 2.05) is 26.0 Å². The number of carbonyl (C=O) groups excluding carboxylic acids is 1. The lowest BCUT2D eigenvalue weighted by atomic mass is 10.2. The van der Waals surface area contributed by atoms with E-state index in [-0.39, 0.29) is 11.4 Å². The highest BCUT2D eigenvalue weighted by molar-refractivity contribution is 14.1. The monoisotopic (exact) mass is 568 g/mol. The van der Waals surface area contributed by atoms with Gasteiger partial charge in [0.1, 0.15) is 6.54 Å². The van der Waals surface area contributed by atoms with Crippen LogP contribution in [0.15, 0.2) is 65.6 Å². The summed E-state index contributed by atoms with van der Waals surface area (Å²) in [5.74, 6) is -0.445. The van der Waals surface area contributed by atoms with Crippen LogP contribution in [-0.2, 0) is 14.8 Å². The van der Waals surface area contributed by atoms with Crippen molar-refractivity contribution in [3.63, 3.8) is 0 Å². The topological polar surface area (TPSA) is 66.5 Å². The number of halogens is 2. The summed E-state index contributed by atoms with van der Waals surface area (Å²) in [6, 6.07) is 17.2. The average molecular weight is 569 g/mol. The Kier molecular flexibility index (Phi) is 7.28. The number of amides is 1. The fourth-order valence-corrected chi connectivity index (χ4v) is 5.39. The Bertz CT molecular complexity index is 1230. The smallest absolute Gasteiger partial charge is 0.264 e. The summed E-state index contributed by atoms with van der Waals surface area (Å²) in [4.78, 5) is 13.0. The highest BCUT2D eigenvalue weighted by atomic mass is 127. The largest absolute Gasteiger partial charge is 0.324 e. The molecule has 3 rings (SSSR count). The van der Waals surface area contributed by atoms with Crippen LogP contribution in [0.5, 0.6) is 0 Å². The van der Waals surface area contributed by atoms with Crippen molar-refractivity contribution < 1.29 is 13.2 Å². The third-order valence-electron chi connectivity index (χ3n) is 4.87. The molecule has 3 aromatic rings. The molecule has 8 heteroatoms. The summed E-state index contributed by atoms with van der Waals surface area (Å²) in [7, 11) is -4.00. The van der Waals surface area contributed by atoms with E-state index >= 15 is 0 Å². The normalized spacial score (nSPS) is 11.3. The van der Waals surface area contributed by atoms with Gasteiger partial charge >= 0.3 is 0 Å². The van der Waals surface area contributed by atoms with Crippen LogP contribution < -0.4 is 9.62 Å². The van der Waals surface area contributed by atoms with Crippen LogP contribution in [0.2, 0.25) is 5.02 Å². The number of hydrogen-bond donors (Lipinski definition) is 1. The van der Waals surface area contributed by atoms with E-state index in [4.69, 9.17) is 11.6 Å². The van der Waals surface area contributed by atoms with Crippen molar-refractivity contribution in [2.24, 2.45) is 0 Å². The van der Waals surface area contributed by atoms with Gasteiger partial charge in [-0.15, -0.1) is 0 Å². The van der Waals surface area contributed by atoms with Crippen molar-refractivity contribution in [2.45, 2.75) is 25.7 Å². The summed E-state index contributed by atoms with van der Waals surface area (Å²) < 4.78 is 29.2. The highest BCUT2D eigenvalue weighted by Gasteiger charge is 2.29. The van der Waals surface area contributed by atoms with Gasteiger partial charge in [0, 0.05) is 14.3 Å². The van der Waals surface area contributed by atoms with E-state index in [1.54, 1.807) is 55.5 Å². The van der Waals surface area contributed by atoms with Gasteiger partial charge in [0.2, 0.25) is 5.91 Å².